The Hall–Kier alpha value is -0.280. The maximum atomic E-state index is 6.10. The minimum Gasteiger partial charge on any atom is -0.376 e. The Labute approximate surface area is 119 Å². The van der Waals surface area contributed by atoms with E-state index in [0.29, 0.717) is 10.0 Å². The summed E-state index contributed by atoms with van der Waals surface area (Å²) >= 11 is 12.1. The lowest BCUT2D eigenvalue weighted by Crippen LogP contribution is -2.35. The molecule has 1 fully saturated rings. The van der Waals surface area contributed by atoms with Gasteiger partial charge in [-0.15, -0.1) is 0 Å². The Kier molecular flexibility index (Phi) is 5.31. The van der Waals surface area contributed by atoms with Crippen LogP contribution in [0.1, 0.15) is 37.8 Å². The zero-order valence-corrected chi connectivity index (χ0v) is 12.1. The lowest BCUT2D eigenvalue weighted by atomic mass is 9.95. The Bertz CT molecular complexity index is 391. The van der Waals surface area contributed by atoms with Gasteiger partial charge in [-0.25, -0.2) is 0 Å². The summed E-state index contributed by atoms with van der Waals surface area (Å²) in [4.78, 5) is 0. The third-order valence-corrected chi connectivity index (χ3v) is 4.05. The van der Waals surface area contributed by atoms with Crippen molar-refractivity contribution in [2.45, 2.75) is 38.3 Å². The van der Waals surface area contributed by atoms with Crippen LogP contribution < -0.4 is 5.32 Å². The molecule has 1 aromatic carbocycles. The highest BCUT2D eigenvalue weighted by Gasteiger charge is 2.25. The average molecular weight is 288 g/mol. The highest BCUT2D eigenvalue weighted by Crippen LogP contribution is 2.30. The van der Waals surface area contributed by atoms with Gasteiger partial charge in [0.25, 0.3) is 0 Å². The minimum absolute atomic E-state index is 0.199. The molecule has 0 aromatic heterocycles. The van der Waals surface area contributed by atoms with Crippen LogP contribution in [0.15, 0.2) is 18.2 Å². The van der Waals surface area contributed by atoms with Gasteiger partial charge in [-0.1, -0.05) is 36.2 Å². The van der Waals surface area contributed by atoms with Crippen LogP contribution >= 0.6 is 23.2 Å². The average Bonchev–Trinajstić information content (AvgIpc) is 2.40. The van der Waals surface area contributed by atoms with Crippen molar-refractivity contribution in [1.29, 1.82) is 0 Å². The molecule has 2 unspecified atom stereocenters. The van der Waals surface area contributed by atoms with E-state index in [4.69, 9.17) is 27.9 Å². The molecule has 4 heteroatoms. The van der Waals surface area contributed by atoms with E-state index in [1.807, 2.05) is 18.2 Å². The predicted molar refractivity (Wildman–Crippen MR) is 76.5 cm³/mol. The third-order valence-electron chi connectivity index (χ3n) is 3.31. The fourth-order valence-corrected chi connectivity index (χ4v) is 2.72. The molecule has 1 aliphatic rings. The molecule has 2 nitrogen and oxygen atoms in total. The lowest BCUT2D eigenvalue weighted by molar-refractivity contribution is -0.00786. The monoisotopic (exact) mass is 287 g/mol. The summed E-state index contributed by atoms with van der Waals surface area (Å²) < 4.78 is 5.88. The van der Waals surface area contributed by atoms with Crippen LogP contribution in [0.2, 0.25) is 10.0 Å². The maximum absolute atomic E-state index is 6.10. The van der Waals surface area contributed by atoms with E-state index in [1.54, 1.807) is 0 Å². The van der Waals surface area contributed by atoms with Gasteiger partial charge in [0.2, 0.25) is 0 Å². The van der Waals surface area contributed by atoms with Crippen molar-refractivity contribution in [3.63, 3.8) is 0 Å². The van der Waals surface area contributed by atoms with Crippen molar-refractivity contribution in [1.82, 2.24) is 5.32 Å². The van der Waals surface area contributed by atoms with E-state index in [1.165, 1.54) is 6.42 Å². The van der Waals surface area contributed by atoms with Gasteiger partial charge in [0.05, 0.1) is 22.2 Å². The van der Waals surface area contributed by atoms with Gasteiger partial charge in [0.15, 0.2) is 0 Å². The summed E-state index contributed by atoms with van der Waals surface area (Å²) in [5.41, 5.74) is 1.15. The molecule has 0 saturated carbocycles. The molecular formula is C14H19Cl2NO. The van der Waals surface area contributed by atoms with Crippen molar-refractivity contribution < 1.29 is 4.74 Å². The van der Waals surface area contributed by atoms with E-state index >= 15 is 0 Å². The smallest absolute Gasteiger partial charge is 0.0769 e. The third kappa shape index (κ3) is 3.39. The van der Waals surface area contributed by atoms with Crippen LogP contribution in [-0.2, 0) is 4.74 Å². The van der Waals surface area contributed by atoms with Crippen molar-refractivity contribution in [3.05, 3.63) is 33.8 Å². The van der Waals surface area contributed by atoms with E-state index in [9.17, 15) is 0 Å². The minimum atomic E-state index is 0.199. The number of nitrogens with one attached hydrogen (secondary N) is 1. The Morgan fingerprint density at radius 1 is 1.33 bits per heavy atom. The van der Waals surface area contributed by atoms with Crippen molar-refractivity contribution in [2.75, 3.05) is 13.2 Å². The Morgan fingerprint density at radius 3 is 2.78 bits per heavy atom. The van der Waals surface area contributed by atoms with E-state index in [2.05, 4.69) is 12.2 Å². The molecule has 1 heterocycles. The second-order valence-corrected chi connectivity index (χ2v) is 5.43. The quantitative estimate of drug-likeness (QED) is 0.896. The molecule has 2 rings (SSSR count). The molecule has 1 N–H and O–H groups in total. The van der Waals surface area contributed by atoms with Gasteiger partial charge in [0.1, 0.15) is 0 Å². The highest BCUT2D eigenvalue weighted by atomic mass is 35.5. The largest absolute Gasteiger partial charge is 0.376 e. The number of hydrogen-bond donors (Lipinski definition) is 1. The molecule has 0 bridgehead atoms. The first-order valence-corrected chi connectivity index (χ1v) is 7.28. The van der Waals surface area contributed by atoms with E-state index in [0.717, 1.165) is 31.6 Å². The molecule has 1 aromatic rings. The van der Waals surface area contributed by atoms with Crippen molar-refractivity contribution in [3.8, 4) is 0 Å². The van der Waals surface area contributed by atoms with Gasteiger partial charge in [0, 0.05) is 6.61 Å². The number of halogens is 2. The summed E-state index contributed by atoms with van der Waals surface area (Å²) in [5, 5.41) is 4.69. The molecule has 18 heavy (non-hydrogen) atoms. The molecule has 2 atom stereocenters. The highest BCUT2D eigenvalue weighted by molar-refractivity contribution is 6.42. The first-order valence-electron chi connectivity index (χ1n) is 6.52. The Balaban J connectivity index is 2.19. The zero-order valence-electron chi connectivity index (χ0n) is 10.6. The van der Waals surface area contributed by atoms with Crippen LogP contribution in [0, 0.1) is 0 Å². The SMILES string of the molecule is CCNC(c1ccc(Cl)c(Cl)c1)C1CCCCO1. The summed E-state index contributed by atoms with van der Waals surface area (Å²) in [6.07, 6.45) is 3.72. The van der Waals surface area contributed by atoms with Crippen LogP contribution in [-0.4, -0.2) is 19.3 Å². The zero-order chi connectivity index (χ0) is 13.0. The van der Waals surface area contributed by atoms with E-state index < -0.39 is 0 Å². The fraction of sp³-hybridized carbons (Fsp3) is 0.571. The first kappa shape index (κ1) is 14.1. The van der Waals surface area contributed by atoms with Gasteiger partial charge in [-0.2, -0.15) is 0 Å². The number of rotatable bonds is 4. The number of likely N-dealkylation sites (N-methyl/N-ethyl adjacent to an activating group) is 1. The van der Waals surface area contributed by atoms with Crippen LogP contribution in [0.5, 0.6) is 0 Å². The normalized spacial score (nSPS) is 21.8. The van der Waals surface area contributed by atoms with E-state index in [-0.39, 0.29) is 12.1 Å². The standard InChI is InChI=1S/C14H19Cl2NO/c1-2-17-14(13-5-3-4-8-18-13)10-6-7-11(15)12(16)9-10/h6-7,9,13-14,17H,2-5,8H2,1H3. The predicted octanol–water partition coefficient (Wildman–Crippen LogP) is 4.21. The lowest BCUT2D eigenvalue weighted by Gasteiger charge is -2.31. The van der Waals surface area contributed by atoms with Gasteiger partial charge in [-0.05, 0) is 43.5 Å². The molecule has 0 spiro atoms. The summed E-state index contributed by atoms with van der Waals surface area (Å²) in [5.74, 6) is 0. The second-order valence-electron chi connectivity index (χ2n) is 4.61. The number of ether oxygens (including phenoxy) is 1. The van der Waals surface area contributed by atoms with Gasteiger partial charge < -0.3 is 10.1 Å². The summed E-state index contributed by atoms with van der Waals surface area (Å²) in [6.45, 7) is 3.87. The molecular weight excluding hydrogens is 269 g/mol. The van der Waals surface area contributed by atoms with Crippen LogP contribution in [0.3, 0.4) is 0 Å². The number of benzene rings is 1. The van der Waals surface area contributed by atoms with Gasteiger partial charge in [-0.3, -0.25) is 0 Å². The number of hydrogen-bond acceptors (Lipinski definition) is 2. The first-order chi connectivity index (χ1) is 8.72. The van der Waals surface area contributed by atoms with Crippen molar-refractivity contribution >= 4 is 23.2 Å². The summed E-state index contributed by atoms with van der Waals surface area (Å²) in [6, 6.07) is 6.02. The Morgan fingerprint density at radius 2 is 2.17 bits per heavy atom. The molecule has 100 valence electrons. The molecule has 0 amide bonds. The maximum Gasteiger partial charge on any atom is 0.0769 e. The van der Waals surface area contributed by atoms with Crippen molar-refractivity contribution in [2.24, 2.45) is 0 Å². The molecule has 0 aliphatic carbocycles. The molecule has 1 saturated heterocycles. The van der Waals surface area contributed by atoms with Crippen LogP contribution in [0.4, 0.5) is 0 Å². The molecule has 1 aliphatic heterocycles. The fourth-order valence-electron chi connectivity index (χ4n) is 2.42. The van der Waals surface area contributed by atoms with Gasteiger partial charge >= 0.3 is 0 Å². The topological polar surface area (TPSA) is 21.3 Å². The van der Waals surface area contributed by atoms with Crippen LogP contribution in [0.25, 0.3) is 0 Å². The summed E-state index contributed by atoms with van der Waals surface area (Å²) in [7, 11) is 0. The second kappa shape index (κ2) is 6.76. The molecule has 0 radical (unpaired) electrons.